The molecular formula is C18H17N3O2S. The van der Waals surface area contributed by atoms with E-state index in [0.717, 1.165) is 22.2 Å². The highest BCUT2D eigenvalue weighted by Gasteiger charge is 2.08. The highest BCUT2D eigenvalue weighted by atomic mass is 32.2. The van der Waals surface area contributed by atoms with Crippen molar-refractivity contribution in [2.24, 2.45) is 5.73 Å². The number of amides is 1. The fourth-order valence-electron chi connectivity index (χ4n) is 2.32. The maximum Gasteiger partial charge on any atom is 0.248 e. The molecule has 6 heteroatoms. The van der Waals surface area contributed by atoms with Crippen LogP contribution in [0.3, 0.4) is 0 Å². The topological polar surface area (TPSA) is 70.1 Å². The van der Waals surface area contributed by atoms with Crippen LogP contribution in [0, 0.1) is 0 Å². The zero-order chi connectivity index (χ0) is 16.9. The number of ether oxygens (including phenoxy) is 1. The number of carbonyl (C=O) groups is 1. The van der Waals surface area contributed by atoms with Crippen molar-refractivity contribution in [2.45, 2.75) is 10.9 Å². The number of imidazole rings is 1. The molecule has 0 fully saturated rings. The molecule has 1 aromatic heterocycles. The Kier molecular flexibility index (Phi) is 4.86. The zero-order valence-electron chi connectivity index (χ0n) is 13.2. The number of nitrogens with two attached hydrogens (primary N) is 1. The first-order valence-electron chi connectivity index (χ1n) is 7.36. The highest BCUT2D eigenvalue weighted by Crippen LogP contribution is 2.26. The molecule has 122 valence electrons. The summed E-state index contributed by atoms with van der Waals surface area (Å²) in [6.07, 6.45) is 3.68. The lowest BCUT2D eigenvalue weighted by atomic mass is 10.1. The van der Waals surface area contributed by atoms with E-state index in [0.29, 0.717) is 11.3 Å². The minimum atomic E-state index is -0.417. The Labute approximate surface area is 144 Å². The van der Waals surface area contributed by atoms with Crippen LogP contribution in [-0.4, -0.2) is 22.6 Å². The van der Waals surface area contributed by atoms with E-state index in [9.17, 15) is 4.79 Å². The fourth-order valence-corrected chi connectivity index (χ4v) is 3.23. The molecule has 24 heavy (non-hydrogen) atoms. The van der Waals surface area contributed by atoms with Crippen LogP contribution in [0.4, 0.5) is 0 Å². The number of methoxy groups -OCH3 is 1. The molecule has 2 N–H and O–H groups in total. The van der Waals surface area contributed by atoms with Gasteiger partial charge in [-0.2, -0.15) is 0 Å². The van der Waals surface area contributed by atoms with Crippen molar-refractivity contribution in [3.8, 4) is 11.4 Å². The summed E-state index contributed by atoms with van der Waals surface area (Å²) in [6.45, 7) is 0. The van der Waals surface area contributed by atoms with Crippen LogP contribution >= 0.6 is 11.8 Å². The molecule has 0 aliphatic rings. The monoisotopic (exact) mass is 339 g/mol. The van der Waals surface area contributed by atoms with E-state index in [1.165, 1.54) is 0 Å². The number of carbonyl (C=O) groups excluding carboxylic acids is 1. The summed E-state index contributed by atoms with van der Waals surface area (Å²) >= 11 is 1.59. The van der Waals surface area contributed by atoms with Crippen LogP contribution in [0.1, 0.15) is 15.9 Å². The van der Waals surface area contributed by atoms with E-state index < -0.39 is 5.91 Å². The Morgan fingerprint density at radius 2 is 2.08 bits per heavy atom. The molecule has 3 aromatic rings. The van der Waals surface area contributed by atoms with Gasteiger partial charge in [-0.3, -0.25) is 9.36 Å². The van der Waals surface area contributed by atoms with Crippen LogP contribution in [0.15, 0.2) is 66.1 Å². The largest absolute Gasteiger partial charge is 0.497 e. The van der Waals surface area contributed by atoms with E-state index in [4.69, 9.17) is 10.5 Å². The van der Waals surface area contributed by atoms with Gasteiger partial charge in [-0.25, -0.2) is 4.98 Å². The molecule has 3 rings (SSSR count). The summed E-state index contributed by atoms with van der Waals surface area (Å²) in [7, 11) is 1.65. The molecule has 0 saturated carbocycles. The average Bonchev–Trinajstić information content (AvgIpc) is 3.09. The van der Waals surface area contributed by atoms with Gasteiger partial charge in [0.2, 0.25) is 5.91 Å². The second-order valence-electron chi connectivity index (χ2n) is 5.13. The lowest BCUT2D eigenvalue weighted by Gasteiger charge is -2.09. The van der Waals surface area contributed by atoms with Crippen molar-refractivity contribution >= 4 is 17.7 Å². The van der Waals surface area contributed by atoms with Gasteiger partial charge in [0.25, 0.3) is 0 Å². The molecule has 0 aliphatic heterocycles. The van der Waals surface area contributed by atoms with Crippen molar-refractivity contribution in [2.75, 3.05) is 7.11 Å². The second-order valence-corrected chi connectivity index (χ2v) is 6.08. The van der Waals surface area contributed by atoms with Crippen molar-refractivity contribution in [3.05, 3.63) is 72.1 Å². The minimum absolute atomic E-state index is 0.417. The molecule has 0 saturated heterocycles. The third-order valence-electron chi connectivity index (χ3n) is 3.52. The van der Waals surface area contributed by atoms with Gasteiger partial charge >= 0.3 is 0 Å². The zero-order valence-corrected chi connectivity index (χ0v) is 14.0. The molecule has 2 aromatic carbocycles. The Morgan fingerprint density at radius 3 is 2.88 bits per heavy atom. The van der Waals surface area contributed by atoms with E-state index in [-0.39, 0.29) is 0 Å². The van der Waals surface area contributed by atoms with Crippen molar-refractivity contribution < 1.29 is 9.53 Å². The summed E-state index contributed by atoms with van der Waals surface area (Å²) < 4.78 is 7.28. The second kappa shape index (κ2) is 7.23. The number of aromatic nitrogens is 2. The number of hydrogen-bond donors (Lipinski definition) is 1. The molecule has 1 heterocycles. The van der Waals surface area contributed by atoms with Crippen LogP contribution in [0.25, 0.3) is 5.69 Å². The van der Waals surface area contributed by atoms with Gasteiger partial charge < -0.3 is 10.5 Å². The predicted molar refractivity (Wildman–Crippen MR) is 94.6 cm³/mol. The van der Waals surface area contributed by atoms with E-state index in [2.05, 4.69) is 4.98 Å². The first-order chi connectivity index (χ1) is 11.7. The third-order valence-corrected chi connectivity index (χ3v) is 4.56. The number of rotatable bonds is 6. The number of primary amides is 1. The normalized spacial score (nSPS) is 10.5. The lowest BCUT2D eigenvalue weighted by Crippen LogP contribution is -2.10. The summed E-state index contributed by atoms with van der Waals surface area (Å²) in [5.74, 6) is 1.08. The van der Waals surface area contributed by atoms with E-state index in [1.807, 2.05) is 53.2 Å². The van der Waals surface area contributed by atoms with Crippen molar-refractivity contribution in [1.82, 2.24) is 9.55 Å². The molecule has 0 atom stereocenters. The fraction of sp³-hybridized carbons (Fsp3) is 0.111. The summed E-state index contributed by atoms with van der Waals surface area (Å²) in [6, 6.07) is 15.1. The molecule has 0 aliphatic carbocycles. The number of nitrogens with zero attached hydrogens (tertiary/aromatic N) is 2. The Morgan fingerprint density at radius 1 is 1.25 bits per heavy atom. The van der Waals surface area contributed by atoms with Crippen LogP contribution < -0.4 is 10.5 Å². The van der Waals surface area contributed by atoms with Gasteiger partial charge in [0.1, 0.15) is 5.75 Å². The van der Waals surface area contributed by atoms with Gasteiger partial charge in [0, 0.05) is 29.8 Å². The Bertz CT molecular complexity index is 861. The molecule has 0 bridgehead atoms. The molecule has 0 radical (unpaired) electrons. The quantitative estimate of drug-likeness (QED) is 0.700. The lowest BCUT2D eigenvalue weighted by molar-refractivity contribution is 0.1000. The van der Waals surface area contributed by atoms with Gasteiger partial charge in [-0.15, -0.1) is 0 Å². The first-order valence-corrected chi connectivity index (χ1v) is 8.35. The summed E-state index contributed by atoms with van der Waals surface area (Å²) in [4.78, 5) is 15.7. The molecule has 5 nitrogen and oxygen atoms in total. The highest BCUT2D eigenvalue weighted by molar-refractivity contribution is 7.98. The first kappa shape index (κ1) is 16.1. The van der Waals surface area contributed by atoms with Gasteiger partial charge in [-0.05, 0) is 29.8 Å². The maximum atomic E-state index is 11.3. The average molecular weight is 339 g/mol. The third kappa shape index (κ3) is 3.60. The SMILES string of the molecule is COc1cccc(-n2ccnc2SCc2cccc(C(N)=O)c2)c1. The maximum absolute atomic E-state index is 11.3. The summed E-state index contributed by atoms with van der Waals surface area (Å²) in [5.41, 5.74) is 7.86. The van der Waals surface area contributed by atoms with Crippen LogP contribution in [-0.2, 0) is 5.75 Å². The van der Waals surface area contributed by atoms with E-state index >= 15 is 0 Å². The minimum Gasteiger partial charge on any atom is -0.497 e. The predicted octanol–water partition coefficient (Wildman–Crippen LogP) is 3.27. The molecular weight excluding hydrogens is 322 g/mol. The molecule has 1 amide bonds. The van der Waals surface area contributed by atoms with E-state index in [1.54, 1.807) is 31.1 Å². The smallest absolute Gasteiger partial charge is 0.248 e. The van der Waals surface area contributed by atoms with Gasteiger partial charge in [0.15, 0.2) is 5.16 Å². The van der Waals surface area contributed by atoms with Gasteiger partial charge in [0.05, 0.1) is 12.8 Å². The van der Waals surface area contributed by atoms with Crippen LogP contribution in [0.5, 0.6) is 5.75 Å². The molecule has 0 spiro atoms. The van der Waals surface area contributed by atoms with Crippen molar-refractivity contribution in [3.63, 3.8) is 0 Å². The summed E-state index contributed by atoms with van der Waals surface area (Å²) in [5, 5.41) is 0.868. The molecule has 0 unspecified atom stereocenters. The Hall–Kier alpha value is -2.73. The number of hydrogen-bond acceptors (Lipinski definition) is 4. The number of benzene rings is 2. The van der Waals surface area contributed by atoms with Gasteiger partial charge in [-0.1, -0.05) is 30.0 Å². The Balaban J connectivity index is 1.79. The van der Waals surface area contributed by atoms with Crippen molar-refractivity contribution in [1.29, 1.82) is 0 Å². The number of thioether (sulfide) groups is 1. The van der Waals surface area contributed by atoms with Crippen LogP contribution in [0.2, 0.25) is 0 Å². The standard InChI is InChI=1S/C18H17N3O2S/c1-23-16-7-3-6-15(11-16)21-9-8-20-18(21)24-12-13-4-2-5-14(10-13)17(19)22/h2-11H,12H2,1H3,(H2,19,22).